The van der Waals surface area contributed by atoms with Gasteiger partial charge >= 0.3 is 0 Å². The van der Waals surface area contributed by atoms with Crippen molar-refractivity contribution >= 4 is 15.9 Å². The van der Waals surface area contributed by atoms with E-state index in [1.807, 2.05) is 6.07 Å². The van der Waals surface area contributed by atoms with E-state index >= 15 is 0 Å². The first kappa shape index (κ1) is 14.6. The normalized spacial score (nSPS) is 18.1. The number of hydrogen-bond acceptors (Lipinski definition) is 2. The predicted octanol–water partition coefficient (Wildman–Crippen LogP) is 4.02. The van der Waals surface area contributed by atoms with Gasteiger partial charge < -0.3 is 10.5 Å². The average Bonchev–Trinajstić information content (AvgIpc) is 2.79. The maximum atomic E-state index is 6.31. The van der Waals surface area contributed by atoms with Gasteiger partial charge in [-0.3, -0.25) is 0 Å². The number of nitrogens with two attached hydrogens (primary N) is 1. The van der Waals surface area contributed by atoms with E-state index in [9.17, 15) is 0 Å². The van der Waals surface area contributed by atoms with Crippen LogP contribution in [0, 0.1) is 6.92 Å². The highest BCUT2D eigenvalue weighted by atomic mass is 79.9. The second-order valence-electron chi connectivity index (χ2n) is 5.88. The Morgan fingerprint density at radius 1 is 1.29 bits per heavy atom. The van der Waals surface area contributed by atoms with Crippen LogP contribution in [0.2, 0.25) is 0 Å². The summed E-state index contributed by atoms with van der Waals surface area (Å²) in [6, 6.07) is 14.9. The minimum absolute atomic E-state index is 0.125. The van der Waals surface area contributed by atoms with Crippen LogP contribution >= 0.6 is 15.9 Å². The fourth-order valence-electron chi connectivity index (χ4n) is 2.97. The number of aryl methyl sites for hydroxylation is 1. The maximum absolute atomic E-state index is 6.31. The zero-order valence-corrected chi connectivity index (χ0v) is 13.8. The summed E-state index contributed by atoms with van der Waals surface area (Å²) in [6.45, 7) is 2.12. The molecule has 110 valence electrons. The van der Waals surface area contributed by atoms with Crippen LogP contribution in [0.4, 0.5) is 0 Å². The molecule has 1 aliphatic rings. The molecule has 0 radical (unpaired) electrons. The highest BCUT2D eigenvalue weighted by Gasteiger charge is 2.24. The molecule has 0 amide bonds. The van der Waals surface area contributed by atoms with Crippen LogP contribution in [0.15, 0.2) is 46.9 Å². The largest absolute Gasteiger partial charge is 0.490 e. The molecule has 2 atom stereocenters. The van der Waals surface area contributed by atoms with Gasteiger partial charge in [0.15, 0.2) is 0 Å². The van der Waals surface area contributed by atoms with E-state index < -0.39 is 0 Å². The molecule has 0 aliphatic carbocycles. The van der Waals surface area contributed by atoms with E-state index in [-0.39, 0.29) is 12.1 Å². The molecule has 21 heavy (non-hydrogen) atoms. The molecule has 1 aliphatic heterocycles. The number of rotatable bonds is 4. The van der Waals surface area contributed by atoms with Crippen molar-refractivity contribution in [3.05, 3.63) is 63.6 Å². The molecule has 0 bridgehead atoms. The molecular formula is C18H20BrNO. The monoisotopic (exact) mass is 345 g/mol. The van der Waals surface area contributed by atoms with Gasteiger partial charge in [0.2, 0.25) is 0 Å². The quantitative estimate of drug-likeness (QED) is 0.908. The van der Waals surface area contributed by atoms with Crippen LogP contribution in [0.5, 0.6) is 5.75 Å². The fraction of sp³-hybridized carbons (Fsp3) is 0.333. The van der Waals surface area contributed by atoms with Gasteiger partial charge in [0.05, 0.1) is 0 Å². The Morgan fingerprint density at radius 2 is 2.14 bits per heavy atom. The average molecular weight is 346 g/mol. The van der Waals surface area contributed by atoms with Gasteiger partial charge in [-0.05, 0) is 42.7 Å². The summed E-state index contributed by atoms with van der Waals surface area (Å²) in [4.78, 5) is 0. The Balaban J connectivity index is 1.58. The Labute approximate surface area is 134 Å². The van der Waals surface area contributed by atoms with E-state index in [2.05, 4.69) is 59.3 Å². The summed E-state index contributed by atoms with van der Waals surface area (Å²) in [7, 11) is 0. The molecule has 0 fully saturated rings. The van der Waals surface area contributed by atoms with Crippen molar-refractivity contribution < 1.29 is 4.74 Å². The molecule has 3 rings (SSSR count). The third-order valence-electron chi connectivity index (χ3n) is 3.91. The third kappa shape index (κ3) is 3.66. The van der Waals surface area contributed by atoms with Gasteiger partial charge in [0.25, 0.3) is 0 Å². The number of halogens is 1. The second-order valence-corrected chi connectivity index (χ2v) is 6.80. The lowest BCUT2D eigenvalue weighted by Gasteiger charge is -2.17. The van der Waals surface area contributed by atoms with Crippen molar-refractivity contribution in [2.24, 2.45) is 5.73 Å². The lowest BCUT2D eigenvalue weighted by molar-refractivity contribution is 0.210. The Morgan fingerprint density at radius 3 is 2.95 bits per heavy atom. The SMILES string of the molecule is Cc1ccc2c(c1)CC(CC(N)Cc1cccc(Br)c1)O2. The van der Waals surface area contributed by atoms with Crippen molar-refractivity contribution in [3.63, 3.8) is 0 Å². The number of hydrogen-bond donors (Lipinski definition) is 1. The predicted molar refractivity (Wildman–Crippen MR) is 89.7 cm³/mol. The molecule has 0 spiro atoms. The summed E-state index contributed by atoms with van der Waals surface area (Å²) in [5, 5.41) is 0. The lowest BCUT2D eigenvalue weighted by atomic mass is 9.98. The number of fused-ring (bicyclic) bond motifs is 1. The smallest absolute Gasteiger partial charge is 0.123 e. The highest BCUT2D eigenvalue weighted by Crippen LogP contribution is 2.31. The van der Waals surface area contributed by atoms with E-state index in [4.69, 9.17) is 10.5 Å². The van der Waals surface area contributed by atoms with Gasteiger partial charge in [-0.2, -0.15) is 0 Å². The van der Waals surface area contributed by atoms with Gasteiger partial charge in [-0.1, -0.05) is 45.8 Å². The molecular weight excluding hydrogens is 326 g/mol. The van der Waals surface area contributed by atoms with Crippen molar-refractivity contribution in [1.82, 2.24) is 0 Å². The molecule has 0 saturated carbocycles. The van der Waals surface area contributed by atoms with Crippen LogP contribution in [0.3, 0.4) is 0 Å². The summed E-state index contributed by atoms with van der Waals surface area (Å²) in [5.41, 5.74) is 10.2. The van der Waals surface area contributed by atoms with Crippen molar-refractivity contribution in [1.29, 1.82) is 0 Å². The van der Waals surface area contributed by atoms with Crippen molar-refractivity contribution in [3.8, 4) is 5.75 Å². The maximum Gasteiger partial charge on any atom is 0.123 e. The molecule has 1 heterocycles. The summed E-state index contributed by atoms with van der Waals surface area (Å²) < 4.78 is 7.11. The Bertz CT molecular complexity index is 641. The van der Waals surface area contributed by atoms with Crippen molar-refractivity contribution in [2.75, 3.05) is 0 Å². The molecule has 3 heteroatoms. The van der Waals surface area contributed by atoms with Crippen LogP contribution in [-0.4, -0.2) is 12.1 Å². The van der Waals surface area contributed by atoms with Gasteiger partial charge in [0.1, 0.15) is 11.9 Å². The van der Waals surface area contributed by atoms with Crippen LogP contribution in [0.25, 0.3) is 0 Å². The molecule has 2 nitrogen and oxygen atoms in total. The van der Waals surface area contributed by atoms with Crippen LogP contribution in [0.1, 0.15) is 23.1 Å². The van der Waals surface area contributed by atoms with E-state index in [0.29, 0.717) is 0 Å². The van der Waals surface area contributed by atoms with Gasteiger partial charge in [0, 0.05) is 23.4 Å². The van der Waals surface area contributed by atoms with Gasteiger partial charge in [-0.25, -0.2) is 0 Å². The Hall–Kier alpha value is -1.32. The van der Waals surface area contributed by atoms with E-state index in [1.165, 1.54) is 16.7 Å². The van der Waals surface area contributed by atoms with E-state index in [1.54, 1.807) is 0 Å². The van der Waals surface area contributed by atoms with Crippen LogP contribution in [-0.2, 0) is 12.8 Å². The molecule has 0 saturated heterocycles. The number of ether oxygens (including phenoxy) is 1. The summed E-state index contributed by atoms with van der Waals surface area (Å²) in [5.74, 6) is 1.03. The topological polar surface area (TPSA) is 35.2 Å². The molecule has 0 aromatic heterocycles. The standard InChI is InChI=1S/C18H20BrNO/c1-12-5-6-18-14(7-12)10-17(21-18)11-16(20)9-13-3-2-4-15(19)8-13/h2-8,16-17H,9-11,20H2,1H3. The molecule has 2 unspecified atom stereocenters. The molecule has 2 aromatic carbocycles. The molecule has 2 aromatic rings. The van der Waals surface area contributed by atoms with Gasteiger partial charge in [-0.15, -0.1) is 0 Å². The first-order valence-corrected chi connectivity index (χ1v) is 8.15. The summed E-state index contributed by atoms with van der Waals surface area (Å²) in [6.07, 6.45) is 2.96. The Kier molecular flexibility index (Phi) is 4.32. The zero-order chi connectivity index (χ0) is 14.8. The third-order valence-corrected chi connectivity index (χ3v) is 4.40. The fourth-order valence-corrected chi connectivity index (χ4v) is 3.42. The van der Waals surface area contributed by atoms with E-state index in [0.717, 1.165) is 29.5 Å². The summed E-state index contributed by atoms with van der Waals surface area (Å²) >= 11 is 3.50. The number of benzene rings is 2. The molecule has 2 N–H and O–H groups in total. The first-order chi connectivity index (χ1) is 10.1. The zero-order valence-electron chi connectivity index (χ0n) is 12.2. The van der Waals surface area contributed by atoms with Crippen LogP contribution < -0.4 is 10.5 Å². The first-order valence-electron chi connectivity index (χ1n) is 7.36. The lowest BCUT2D eigenvalue weighted by Crippen LogP contribution is -2.30. The highest BCUT2D eigenvalue weighted by molar-refractivity contribution is 9.10. The minimum atomic E-state index is 0.125. The second kappa shape index (κ2) is 6.20. The van der Waals surface area contributed by atoms with Crippen molar-refractivity contribution in [2.45, 2.75) is 38.3 Å². The minimum Gasteiger partial charge on any atom is -0.490 e.